The molecule has 1 aromatic rings. The van der Waals surface area contributed by atoms with Crippen LogP contribution in [0.15, 0.2) is 4.52 Å². The Kier molecular flexibility index (Phi) is 4.68. The first kappa shape index (κ1) is 13.5. The Morgan fingerprint density at radius 2 is 2.06 bits per heavy atom. The third-order valence-electron chi connectivity index (χ3n) is 3.54. The second-order valence-electron chi connectivity index (χ2n) is 4.95. The van der Waals surface area contributed by atoms with E-state index < -0.39 is 0 Å². The quantitative estimate of drug-likeness (QED) is 0.805. The van der Waals surface area contributed by atoms with Crippen LogP contribution in [0.3, 0.4) is 0 Å². The molecule has 1 unspecified atom stereocenters. The number of nitrogens with one attached hydrogen (secondary N) is 1. The molecule has 1 N–H and O–H groups in total. The minimum Gasteiger partial charge on any atom is -0.339 e. The molecule has 0 aromatic carbocycles. The number of aromatic nitrogens is 2. The van der Waals surface area contributed by atoms with Crippen LogP contribution in [0.1, 0.15) is 24.7 Å². The second-order valence-corrected chi connectivity index (χ2v) is 4.95. The van der Waals surface area contributed by atoms with E-state index in [0.717, 1.165) is 50.9 Å². The average Bonchev–Trinajstić information content (AvgIpc) is 2.86. The Balaban J connectivity index is 1.78. The average molecular weight is 253 g/mol. The van der Waals surface area contributed by atoms with Crippen molar-refractivity contribution < 1.29 is 4.52 Å². The van der Waals surface area contributed by atoms with Crippen LogP contribution in [-0.4, -0.2) is 66.8 Å². The lowest BCUT2D eigenvalue weighted by Crippen LogP contribution is -2.45. The maximum atomic E-state index is 5.26. The van der Waals surface area contributed by atoms with Crippen molar-refractivity contribution >= 4 is 0 Å². The van der Waals surface area contributed by atoms with Gasteiger partial charge in [-0.25, -0.2) is 0 Å². The van der Waals surface area contributed by atoms with Crippen molar-refractivity contribution in [2.45, 2.75) is 19.4 Å². The van der Waals surface area contributed by atoms with Crippen LogP contribution < -0.4 is 5.32 Å². The third kappa shape index (κ3) is 3.51. The summed E-state index contributed by atoms with van der Waals surface area (Å²) in [5.41, 5.74) is 0. The molecule has 1 atom stereocenters. The van der Waals surface area contributed by atoms with E-state index in [1.807, 2.05) is 14.0 Å². The topological polar surface area (TPSA) is 57.4 Å². The van der Waals surface area contributed by atoms with Gasteiger partial charge < -0.3 is 19.6 Å². The summed E-state index contributed by atoms with van der Waals surface area (Å²) < 4.78 is 5.26. The van der Waals surface area contributed by atoms with E-state index in [1.54, 1.807) is 0 Å². The number of hydrogen-bond acceptors (Lipinski definition) is 6. The van der Waals surface area contributed by atoms with E-state index in [2.05, 4.69) is 32.3 Å². The lowest BCUT2D eigenvalue weighted by molar-refractivity contribution is 0.152. The predicted molar refractivity (Wildman–Crippen MR) is 69.4 cm³/mol. The highest BCUT2D eigenvalue weighted by atomic mass is 16.5. The Morgan fingerprint density at radius 3 is 2.72 bits per heavy atom. The van der Waals surface area contributed by atoms with Crippen molar-refractivity contribution in [1.82, 2.24) is 25.3 Å². The number of rotatable bonds is 5. The van der Waals surface area contributed by atoms with Gasteiger partial charge in [-0.15, -0.1) is 0 Å². The first-order valence-corrected chi connectivity index (χ1v) is 6.59. The highest BCUT2D eigenvalue weighted by molar-refractivity contribution is 4.92. The maximum Gasteiger partial charge on any atom is 0.227 e. The van der Waals surface area contributed by atoms with Crippen molar-refractivity contribution in [3.05, 3.63) is 11.7 Å². The molecule has 2 heterocycles. The predicted octanol–water partition coefficient (Wildman–Crippen LogP) is 0.140. The lowest BCUT2D eigenvalue weighted by atomic mass is 10.3. The number of nitrogens with zero attached hydrogens (tertiary/aromatic N) is 4. The van der Waals surface area contributed by atoms with Crippen molar-refractivity contribution in [2.75, 3.05) is 46.8 Å². The van der Waals surface area contributed by atoms with Crippen molar-refractivity contribution in [3.8, 4) is 0 Å². The minimum atomic E-state index is 0.145. The van der Waals surface area contributed by atoms with Gasteiger partial charge in [0.25, 0.3) is 0 Å². The van der Waals surface area contributed by atoms with Gasteiger partial charge in [0.15, 0.2) is 5.82 Å². The van der Waals surface area contributed by atoms with Crippen LogP contribution in [0.4, 0.5) is 0 Å². The summed E-state index contributed by atoms with van der Waals surface area (Å²) in [5.74, 6) is 1.48. The Bertz CT molecular complexity index is 359. The summed E-state index contributed by atoms with van der Waals surface area (Å²) in [4.78, 5) is 9.21. The molecule has 102 valence electrons. The SMILES string of the molecule is CNC(C)c1noc(CCN2CCN(C)CC2)n1. The second kappa shape index (κ2) is 6.26. The monoisotopic (exact) mass is 253 g/mol. The van der Waals surface area contributed by atoms with E-state index in [1.165, 1.54) is 0 Å². The van der Waals surface area contributed by atoms with E-state index in [4.69, 9.17) is 4.52 Å². The summed E-state index contributed by atoms with van der Waals surface area (Å²) in [5, 5.41) is 7.09. The lowest BCUT2D eigenvalue weighted by Gasteiger charge is -2.31. The van der Waals surface area contributed by atoms with Gasteiger partial charge in [-0.3, -0.25) is 0 Å². The molecule has 0 amide bonds. The fourth-order valence-electron chi connectivity index (χ4n) is 2.00. The van der Waals surface area contributed by atoms with Gasteiger partial charge in [0.2, 0.25) is 5.89 Å². The molecule has 1 aliphatic heterocycles. The van der Waals surface area contributed by atoms with E-state index >= 15 is 0 Å². The van der Waals surface area contributed by atoms with Gasteiger partial charge >= 0.3 is 0 Å². The molecule has 0 aliphatic carbocycles. The summed E-state index contributed by atoms with van der Waals surface area (Å²) >= 11 is 0. The molecule has 6 nitrogen and oxygen atoms in total. The molecule has 1 aromatic heterocycles. The van der Waals surface area contributed by atoms with Crippen LogP contribution in [0.25, 0.3) is 0 Å². The summed E-state index contributed by atoms with van der Waals surface area (Å²) in [7, 11) is 4.06. The Hall–Kier alpha value is -0.980. The van der Waals surface area contributed by atoms with Crippen LogP contribution in [0, 0.1) is 0 Å². The number of piperazine rings is 1. The molecule has 0 radical (unpaired) electrons. The Labute approximate surface area is 108 Å². The van der Waals surface area contributed by atoms with E-state index in [9.17, 15) is 0 Å². The smallest absolute Gasteiger partial charge is 0.227 e. The highest BCUT2D eigenvalue weighted by Gasteiger charge is 2.16. The van der Waals surface area contributed by atoms with Crippen LogP contribution in [0.5, 0.6) is 0 Å². The first-order valence-electron chi connectivity index (χ1n) is 6.59. The fourth-order valence-corrected chi connectivity index (χ4v) is 2.00. The summed E-state index contributed by atoms with van der Waals surface area (Å²) in [6.07, 6.45) is 0.840. The van der Waals surface area contributed by atoms with Crippen molar-refractivity contribution in [2.24, 2.45) is 0 Å². The molecule has 1 fully saturated rings. The molecule has 1 aliphatic rings. The van der Waals surface area contributed by atoms with Gasteiger partial charge in [0.1, 0.15) is 0 Å². The molecular weight excluding hydrogens is 230 g/mol. The first-order chi connectivity index (χ1) is 8.69. The highest BCUT2D eigenvalue weighted by Crippen LogP contribution is 2.08. The van der Waals surface area contributed by atoms with Crippen molar-refractivity contribution in [3.63, 3.8) is 0 Å². The van der Waals surface area contributed by atoms with Gasteiger partial charge in [-0.2, -0.15) is 4.98 Å². The van der Waals surface area contributed by atoms with E-state index in [0.29, 0.717) is 0 Å². The summed E-state index contributed by atoms with van der Waals surface area (Å²) in [6.45, 7) is 7.57. The minimum absolute atomic E-state index is 0.145. The zero-order valence-electron chi connectivity index (χ0n) is 11.5. The van der Waals surface area contributed by atoms with Crippen LogP contribution in [-0.2, 0) is 6.42 Å². The summed E-state index contributed by atoms with van der Waals surface area (Å²) in [6, 6.07) is 0.145. The van der Waals surface area contributed by atoms with Gasteiger partial charge in [-0.1, -0.05) is 5.16 Å². The zero-order valence-corrected chi connectivity index (χ0v) is 11.5. The molecule has 0 spiro atoms. The molecule has 18 heavy (non-hydrogen) atoms. The standard InChI is InChI=1S/C12H23N5O/c1-10(13-2)12-14-11(18-15-12)4-5-17-8-6-16(3)7-9-17/h10,13H,4-9H2,1-3H3. The van der Waals surface area contributed by atoms with Crippen molar-refractivity contribution in [1.29, 1.82) is 0 Å². The third-order valence-corrected chi connectivity index (χ3v) is 3.54. The zero-order chi connectivity index (χ0) is 13.0. The number of likely N-dealkylation sites (N-methyl/N-ethyl adjacent to an activating group) is 1. The van der Waals surface area contributed by atoms with Gasteiger partial charge in [0.05, 0.1) is 6.04 Å². The maximum absolute atomic E-state index is 5.26. The van der Waals surface area contributed by atoms with Gasteiger partial charge in [0, 0.05) is 39.1 Å². The molecule has 0 saturated carbocycles. The molecule has 1 saturated heterocycles. The molecular formula is C12H23N5O. The van der Waals surface area contributed by atoms with Gasteiger partial charge in [-0.05, 0) is 21.0 Å². The Morgan fingerprint density at radius 1 is 1.33 bits per heavy atom. The largest absolute Gasteiger partial charge is 0.339 e. The molecule has 6 heteroatoms. The van der Waals surface area contributed by atoms with Crippen LogP contribution in [0.2, 0.25) is 0 Å². The molecule has 2 rings (SSSR count). The fraction of sp³-hybridized carbons (Fsp3) is 0.833. The van der Waals surface area contributed by atoms with E-state index in [-0.39, 0.29) is 6.04 Å². The normalized spacial score (nSPS) is 20.2. The molecule has 0 bridgehead atoms. The van der Waals surface area contributed by atoms with Crippen LogP contribution >= 0.6 is 0 Å². The number of hydrogen-bond donors (Lipinski definition) is 1.